The van der Waals surface area contributed by atoms with Crippen molar-refractivity contribution in [2.45, 2.75) is 60.8 Å². The first kappa shape index (κ1) is 39.2. The van der Waals surface area contributed by atoms with E-state index in [9.17, 15) is 45.5 Å². The molecule has 0 bridgehead atoms. The molecule has 2 aliphatic heterocycles. The Bertz CT molecular complexity index is 2050. The molecule has 0 saturated heterocycles. The highest BCUT2D eigenvalue weighted by Gasteiger charge is 2.73. The molecule has 6 nitrogen and oxygen atoms in total. The Morgan fingerprint density at radius 2 is 0.880 bits per heavy atom. The summed E-state index contributed by atoms with van der Waals surface area (Å²) in [6.45, 7) is 5.63. The molecule has 0 N–H and O–H groups in total. The summed E-state index contributed by atoms with van der Waals surface area (Å²) in [5.74, 6) is -3.95. The molecule has 12 heteroatoms. The van der Waals surface area contributed by atoms with Gasteiger partial charge in [0.05, 0.1) is 27.9 Å². The first-order valence-electron chi connectivity index (χ1n) is 14.2. The number of carbonyl (C=O) groups excluding carboxylic acids is 4. The molecule has 50 heavy (non-hydrogen) atoms. The van der Waals surface area contributed by atoms with Crippen LogP contribution in [0.3, 0.4) is 0 Å². The average Bonchev–Trinajstić information content (AvgIpc) is 3.35. The number of nitrogens with zero attached hydrogens (tertiary/aromatic N) is 2. The molecule has 0 fully saturated rings. The number of aryl methyl sites for hydroxylation is 3. The van der Waals surface area contributed by atoms with Crippen molar-refractivity contribution in [3.8, 4) is 11.1 Å². The zero-order valence-electron chi connectivity index (χ0n) is 25.2. The van der Waals surface area contributed by atoms with Crippen LogP contribution in [0.15, 0.2) is 72.8 Å². The van der Waals surface area contributed by atoms with E-state index in [2.05, 4.69) is 0 Å². The number of fused-ring (bicyclic) bond motifs is 2. The van der Waals surface area contributed by atoms with Crippen molar-refractivity contribution >= 4 is 29.3 Å². The van der Waals surface area contributed by atoms with Crippen molar-refractivity contribution in [2.24, 2.45) is 0 Å². The van der Waals surface area contributed by atoms with Crippen LogP contribution in [0.4, 0.5) is 32.0 Å². The fourth-order valence-electron chi connectivity index (χ4n) is 6.49. The minimum absolute atomic E-state index is 0. The van der Waals surface area contributed by atoms with E-state index in [-0.39, 0.29) is 39.1 Å². The number of hydrogen-bond acceptors (Lipinski definition) is 4. The summed E-state index contributed by atoms with van der Waals surface area (Å²) in [4.78, 5) is 53.1. The van der Waals surface area contributed by atoms with Gasteiger partial charge >= 0.3 is 12.4 Å². The number of rotatable bonds is 4. The van der Waals surface area contributed by atoms with Gasteiger partial charge in [0.25, 0.3) is 23.6 Å². The number of anilines is 1. The highest BCUT2D eigenvalue weighted by atomic mass is 19.4. The Balaban J connectivity index is 0.00000225. The van der Waals surface area contributed by atoms with E-state index in [1.807, 2.05) is 32.0 Å². The van der Waals surface area contributed by atoms with Crippen molar-refractivity contribution < 1.29 is 45.5 Å². The zero-order chi connectivity index (χ0) is 34.4. The van der Waals surface area contributed by atoms with E-state index in [1.54, 1.807) is 19.1 Å². The first-order valence-corrected chi connectivity index (χ1v) is 14.2. The molecule has 0 unspecified atom stereocenters. The SMILES string of the molecule is C.C.C.Cc1ccc(-c2ccc(N3C(=O)c4ccc(C(c5ccc6c(c5)C(=O)N(C)C6=O)(C(F)(F)F)C(F)(F)F)cc4C3=O)cc2C)c(C)c1. The van der Waals surface area contributed by atoms with Crippen molar-refractivity contribution in [2.75, 3.05) is 11.9 Å². The van der Waals surface area contributed by atoms with Crippen LogP contribution in [0.25, 0.3) is 11.1 Å². The van der Waals surface area contributed by atoms with E-state index in [1.165, 1.54) is 6.07 Å². The van der Waals surface area contributed by atoms with Crippen LogP contribution in [0, 0.1) is 20.8 Å². The summed E-state index contributed by atoms with van der Waals surface area (Å²) in [5.41, 5.74) is -4.94. The largest absolute Gasteiger partial charge is 0.411 e. The van der Waals surface area contributed by atoms with Gasteiger partial charge in [0.2, 0.25) is 5.41 Å². The van der Waals surface area contributed by atoms with Crippen LogP contribution in [-0.2, 0) is 5.41 Å². The number of halogens is 6. The predicted molar refractivity (Wildman–Crippen MR) is 180 cm³/mol. The molecule has 2 heterocycles. The van der Waals surface area contributed by atoms with Crippen LogP contribution in [-0.4, -0.2) is 47.9 Å². The Hall–Kier alpha value is -5.26. The van der Waals surface area contributed by atoms with Crippen molar-refractivity contribution in [3.63, 3.8) is 0 Å². The van der Waals surface area contributed by atoms with E-state index in [0.29, 0.717) is 39.6 Å². The van der Waals surface area contributed by atoms with Gasteiger partial charge in [0.15, 0.2) is 0 Å². The standard InChI is InChI=1S/C35H24F6N2O4.3CH4/c1-17-5-9-23(18(2)13-17)24-12-8-22(14-19(24)3)43-31(46)26-11-7-21(16-28(26)32(43)47)33(34(36,37)38,35(39,40)41)20-6-10-25-27(15-20)30(45)42(4)29(25)44;;;/h5-16H,1-4H3;3*1H4. The summed E-state index contributed by atoms with van der Waals surface area (Å²) in [7, 11) is 1.05. The lowest BCUT2D eigenvalue weighted by atomic mass is 9.71. The second-order valence-electron chi connectivity index (χ2n) is 11.7. The second kappa shape index (κ2) is 12.9. The molecule has 4 amide bonds. The molecule has 0 atom stereocenters. The van der Waals surface area contributed by atoms with Gasteiger partial charge in [-0.05, 0) is 90.6 Å². The lowest BCUT2D eigenvalue weighted by molar-refractivity contribution is -0.288. The third kappa shape index (κ3) is 5.46. The van der Waals surface area contributed by atoms with Gasteiger partial charge in [0, 0.05) is 7.05 Å². The maximum absolute atomic E-state index is 14.9. The molecule has 0 saturated carbocycles. The maximum atomic E-state index is 14.9. The van der Waals surface area contributed by atoms with Crippen LogP contribution >= 0.6 is 0 Å². The summed E-state index contributed by atoms with van der Waals surface area (Å²) in [6, 6.07) is 13.9. The van der Waals surface area contributed by atoms with Gasteiger partial charge in [-0.1, -0.05) is 64.2 Å². The summed E-state index contributed by atoms with van der Waals surface area (Å²) in [5, 5.41) is 0. The fourth-order valence-corrected chi connectivity index (χ4v) is 6.49. The smallest absolute Gasteiger partial charge is 0.277 e. The van der Waals surface area contributed by atoms with Gasteiger partial charge in [-0.25, -0.2) is 4.90 Å². The normalized spacial score (nSPS) is 14.2. The molecular weight excluding hydrogens is 662 g/mol. The summed E-state index contributed by atoms with van der Waals surface area (Å²) >= 11 is 0. The molecule has 2 aliphatic rings. The van der Waals surface area contributed by atoms with Crippen LogP contribution in [0.1, 0.15) is 91.5 Å². The molecule has 4 aromatic carbocycles. The van der Waals surface area contributed by atoms with Gasteiger partial charge in [-0.2, -0.15) is 26.3 Å². The van der Waals surface area contributed by atoms with E-state index in [0.717, 1.165) is 41.4 Å². The van der Waals surface area contributed by atoms with Crippen molar-refractivity contribution in [1.29, 1.82) is 0 Å². The quantitative estimate of drug-likeness (QED) is 0.157. The fraction of sp³-hybridized carbons (Fsp3) is 0.263. The zero-order valence-corrected chi connectivity index (χ0v) is 25.2. The van der Waals surface area contributed by atoms with Crippen LogP contribution < -0.4 is 4.90 Å². The Morgan fingerprint density at radius 3 is 1.36 bits per heavy atom. The van der Waals surface area contributed by atoms with E-state index < -0.39 is 63.7 Å². The first-order chi connectivity index (χ1) is 21.9. The van der Waals surface area contributed by atoms with Crippen LogP contribution in [0.5, 0.6) is 0 Å². The third-order valence-electron chi connectivity index (χ3n) is 8.83. The van der Waals surface area contributed by atoms with Gasteiger partial charge in [-0.3, -0.25) is 24.1 Å². The Morgan fingerprint density at radius 1 is 0.480 bits per heavy atom. The lowest BCUT2D eigenvalue weighted by Crippen LogP contribution is -2.55. The minimum Gasteiger partial charge on any atom is -0.277 e. The molecule has 0 aromatic heterocycles. The highest BCUT2D eigenvalue weighted by molar-refractivity contribution is 6.34. The molecule has 4 aromatic rings. The van der Waals surface area contributed by atoms with Gasteiger partial charge in [-0.15, -0.1) is 0 Å². The third-order valence-corrected chi connectivity index (χ3v) is 8.83. The van der Waals surface area contributed by atoms with Crippen molar-refractivity contribution in [3.05, 3.63) is 123 Å². The van der Waals surface area contributed by atoms with E-state index >= 15 is 0 Å². The summed E-state index contributed by atoms with van der Waals surface area (Å²) in [6.07, 6.45) is -12.1. The maximum Gasteiger partial charge on any atom is 0.411 e. The number of carbonyl (C=O) groups is 4. The van der Waals surface area contributed by atoms with Crippen molar-refractivity contribution in [1.82, 2.24) is 4.90 Å². The number of hydrogen-bond donors (Lipinski definition) is 0. The molecule has 0 spiro atoms. The topological polar surface area (TPSA) is 74.8 Å². The minimum atomic E-state index is -6.04. The molecular formula is C38H36F6N2O4. The highest BCUT2D eigenvalue weighted by Crippen LogP contribution is 2.57. The number of imide groups is 2. The number of benzene rings is 4. The van der Waals surface area contributed by atoms with Crippen LogP contribution in [0.2, 0.25) is 0 Å². The Kier molecular flexibility index (Phi) is 10.1. The monoisotopic (exact) mass is 698 g/mol. The number of amides is 4. The average molecular weight is 699 g/mol. The van der Waals surface area contributed by atoms with Gasteiger partial charge < -0.3 is 0 Å². The lowest BCUT2D eigenvalue weighted by Gasteiger charge is -2.38. The van der Waals surface area contributed by atoms with Gasteiger partial charge in [0.1, 0.15) is 0 Å². The summed E-state index contributed by atoms with van der Waals surface area (Å²) < 4.78 is 89.6. The molecule has 264 valence electrons. The molecule has 0 aliphatic carbocycles. The second-order valence-corrected chi connectivity index (χ2v) is 11.7. The Labute approximate surface area is 286 Å². The van der Waals surface area contributed by atoms with E-state index in [4.69, 9.17) is 0 Å². The number of alkyl halides is 6. The molecule has 0 radical (unpaired) electrons. The predicted octanol–water partition coefficient (Wildman–Crippen LogP) is 9.62. The molecule has 6 rings (SSSR count).